The third kappa shape index (κ3) is 6.39. The number of para-hydroxylation sites is 1. The van der Waals surface area contributed by atoms with Crippen LogP contribution in [-0.2, 0) is 6.42 Å². The average molecular weight is 756 g/mol. The molecule has 0 bridgehead atoms. The Bertz CT molecular complexity index is 2950. The van der Waals surface area contributed by atoms with Gasteiger partial charge in [-0.2, -0.15) is 0 Å². The molecule has 0 fully saturated rings. The summed E-state index contributed by atoms with van der Waals surface area (Å²) >= 11 is 0. The van der Waals surface area contributed by atoms with Crippen molar-refractivity contribution in [3.63, 3.8) is 0 Å². The summed E-state index contributed by atoms with van der Waals surface area (Å²) in [5, 5.41) is 0. The molecule has 0 amide bonds. The number of hydrogen-bond donors (Lipinski definition) is 0. The van der Waals surface area contributed by atoms with Gasteiger partial charge < -0.3 is 0 Å². The molecule has 59 heavy (non-hydrogen) atoms. The van der Waals surface area contributed by atoms with E-state index in [4.69, 9.17) is 19.9 Å². The van der Waals surface area contributed by atoms with Crippen molar-refractivity contribution in [3.05, 3.63) is 217 Å². The van der Waals surface area contributed by atoms with Crippen molar-refractivity contribution >= 4 is 22.9 Å². The van der Waals surface area contributed by atoms with Gasteiger partial charge in [-0.15, -0.1) is 0 Å². The molecule has 1 unspecified atom stereocenters. The quantitative estimate of drug-likeness (QED) is 0.163. The lowest BCUT2D eigenvalue weighted by Gasteiger charge is -2.35. The molecule has 3 heterocycles. The standard InChI is InChI=1S/C54H37N5/c1-6-16-36(17-7-1)40-28-31-50-43(32-40)35-48-47-33-41(27-30-49(47)55-54(48)59(50)44-24-14-5-15-25-44)45-29-26-42(34-46(45)37-18-8-2-9-19-37)53-57-51(38-20-10-3-11-21-38)56-52(58-53)39-22-12-4-13-23-39/h1-34,48H,35H2. The molecule has 11 rings (SSSR count). The van der Waals surface area contributed by atoms with E-state index in [1.807, 2.05) is 60.7 Å². The van der Waals surface area contributed by atoms with Gasteiger partial charge >= 0.3 is 0 Å². The molecule has 1 aromatic heterocycles. The molecule has 8 aromatic carbocycles. The molecule has 0 radical (unpaired) electrons. The fraction of sp³-hybridized carbons (Fsp3) is 0.0370. The molecule has 9 aromatic rings. The van der Waals surface area contributed by atoms with Gasteiger partial charge in [0.1, 0.15) is 5.84 Å². The Balaban J connectivity index is 1.03. The Labute approximate surface area is 343 Å². The van der Waals surface area contributed by atoms with Crippen molar-refractivity contribution in [1.29, 1.82) is 0 Å². The van der Waals surface area contributed by atoms with Crippen molar-refractivity contribution in [3.8, 4) is 67.5 Å². The van der Waals surface area contributed by atoms with Gasteiger partial charge in [-0.1, -0.05) is 164 Å². The normalized spacial score (nSPS) is 13.9. The number of aliphatic imine (C=N–C) groups is 1. The highest BCUT2D eigenvalue weighted by molar-refractivity contribution is 6.14. The highest BCUT2D eigenvalue weighted by atomic mass is 15.2. The topological polar surface area (TPSA) is 54.3 Å². The molecule has 5 nitrogen and oxygen atoms in total. The number of fused-ring (bicyclic) bond motifs is 4. The minimum Gasteiger partial charge on any atom is -0.298 e. The van der Waals surface area contributed by atoms with E-state index in [0.717, 1.165) is 62.6 Å². The summed E-state index contributed by atoms with van der Waals surface area (Å²) in [6, 6.07) is 72.4. The number of hydrogen-bond acceptors (Lipinski definition) is 5. The smallest absolute Gasteiger partial charge is 0.164 e. The zero-order valence-corrected chi connectivity index (χ0v) is 32.2. The van der Waals surface area contributed by atoms with E-state index in [1.54, 1.807) is 0 Å². The Morgan fingerprint density at radius 3 is 1.54 bits per heavy atom. The second kappa shape index (κ2) is 14.6. The first-order valence-electron chi connectivity index (χ1n) is 20.1. The molecule has 0 aliphatic carbocycles. The van der Waals surface area contributed by atoms with E-state index < -0.39 is 0 Å². The lowest BCUT2D eigenvalue weighted by Crippen LogP contribution is -2.35. The first-order valence-corrected chi connectivity index (χ1v) is 20.1. The zero-order valence-electron chi connectivity index (χ0n) is 32.2. The third-order valence-corrected chi connectivity index (χ3v) is 11.4. The van der Waals surface area contributed by atoms with Crippen molar-refractivity contribution in [2.24, 2.45) is 4.99 Å². The lowest BCUT2D eigenvalue weighted by atomic mass is 9.84. The maximum absolute atomic E-state index is 5.37. The van der Waals surface area contributed by atoms with Gasteiger partial charge in [0, 0.05) is 28.3 Å². The number of anilines is 2. The van der Waals surface area contributed by atoms with Crippen LogP contribution in [-0.4, -0.2) is 20.8 Å². The Hall–Kier alpha value is -7.76. The van der Waals surface area contributed by atoms with E-state index in [0.29, 0.717) is 17.5 Å². The van der Waals surface area contributed by atoms with Crippen molar-refractivity contribution in [1.82, 2.24) is 15.0 Å². The minimum atomic E-state index is 0.0983. The Morgan fingerprint density at radius 2 is 0.915 bits per heavy atom. The van der Waals surface area contributed by atoms with Gasteiger partial charge in [0.2, 0.25) is 0 Å². The fourth-order valence-corrected chi connectivity index (χ4v) is 8.55. The molecule has 0 spiro atoms. The molecular weight excluding hydrogens is 719 g/mol. The molecule has 2 aliphatic heterocycles. The SMILES string of the molecule is c1ccc(-c2ccc3c(c2)CC2C(=Nc4ccc(-c5ccc(-c6nc(-c7ccccc7)nc(-c7ccccc7)n6)cc5-c5ccccc5)cc42)N3c2ccccc2)cc1. The number of aromatic nitrogens is 3. The van der Waals surface area contributed by atoms with Gasteiger partial charge in [0.05, 0.1) is 11.4 Å². The largest absolute Gasteiger partial charge is 0.298 e. The molecule has 0 saturated carbocycles. The number of rotatable bonds is 7. The van der Waals surface area contributed by atoms with Crippen LogP contribution in [0.3, 0.4) is 0 Å². The van der Waals surface area contributed by atoms with Crippen LogP contribution in [0.25, 0.3) is 67.5 Å². The van der Waals surface area contributed by atoms with Crippen LogP contribution in [0.15, 0.2) is 211 Å². The second-order valence-corrected chi connectivity index (χ2v) is 15.0. The molecule has 5 heteroatoms. The summed E-state index contributed by atoms with van der Waals surface area (Å²) in [5.41, 5.74) is 15.7. The Kier molecular flexibility index (Phi) is 8.55. The maximum Gasteiger partial charge on any atom is 0.164 e. The van der Waals surface area contributed by atoms with E-state index >= 15 is 0 Å². The van der Waals surface area contributed by atoms with Crippen LogP contribution in [0.1, 0.15) is 17.0 Å². The summed E-state index contributed by atoms with van der Waals surface area (Å²) in [4.78, 5) is 22.8. The number of benzene rings is 8. The van der Waals surface area contributed by atoms with Crippen LogP contribution in [0, 0.1) is 0 Å². The highest BCUT2D eigenvalue weighted by Crippen LogP contribution is 2.49. The van der Waals surface area contributed by atoms with Crippen molar-refractivity contribution < 1.29 is 0 Å². The zero-order chi connectivity index (χ0) is 39.1. The Morgan fingerprint density at radius 1 is 0.390 bits per heavy atom. The molecule has 2 aliphatic rings. The monoisotopic (exact) mass is 755 g/mol. The van der Waals surface area contributed by atoms with Crippen molar-refractivity contribution in [2.45, 2.75) is 12.3 Å². The van der Waals surface area contributed by atoms with Gasteiger partial charge in [0.25, 0.3) is 0 Å². The van der Waals surface area contributed by atoms with Crippen LogP contribution in [0.5, 0.6) is 0 Å². The van der Waals surface area contributed by atoms with Crippen LogP contribution < -0.4 is 4.90 Å². The van der Waals surface area contributed by atoms with Gasteiger partial charge in [-0.25, -0.2) is 19.9 Å². The number of nitrogens with zero attached hydrogens (tertiary/aromatic N) is 5. The summed E-state index contributed by atoms with van der Waals surface area (Å²) < 4.78 is 0. The lowest BCUT2D eigenvalue weighted by molar-refractivity contribution is 0.858. The third-order valence-electron chi connectivity index (χ3n) is 11.4. The summed E-state index contributed by atoms with van der Waals surface area (Å²) in [5.74, 6) is 3.08. The first-order chi connectivity index (χ1) is 29.2. The molecule has 0 N–H and O–H groups in total. The van der Waals surface area contributed by atoms with Gasteiger partial charge in [0.15, 0.2) is 17.5 Å². The predicted octanol–water partition coefficient (Wildman–Crippen LogP) is 13.4. The second-order valence-electron chi connectivity index (χ2n) is 15.0. The summed E-state index contributed by atoms with van der Waals surface area (Å²) in [7, 11) is 0. The number of amidine groups is 1. The highest BCUT2D eigenvalue weighted by Gasteiger charge is 2.38. The van der Waals surface area contributed by atoms with E-state index in [-0.39, 0.29) is 5.92 Å². The summed E-state index contributed by atoms with van der Waals surface area (Å²) in [6.45, 7) is 0. The predicted molar refractivity (Wildman–Crippen MR) is 241 cm³/mol. The fourth-order valence-electron chi connectivity index (χ4n) is 8.55. The molecule has 0 saturated heterocycles. The van der Waals surface area contributed by atoms with Crippen LogP contribution >= 0.6 is 0 Å². The molecule has 1 atom stereocenters. The van der Waals surface area contributed by atoms with Crippen LogP contribution in [0.4, 0.5) is 17.1 Å². The van der Waals surface area contributed by atoms with Gasteiger partial charge in [-0.3, -0.25) is 4.90 Å². The van der Waals surface area contributed by atoms with E-state index in [9.17, 15) is 0 Å². The average Bonchev–Trinajstić information content (AvgIpc) is 3.69. The minimum absolute atomic E-state index is 0.0983. The van der Waals surface area contributed by atoms with E-state index in [1.165, 1.54) is 27.9 Å². The molecular formula is C54H37N5. The van der Waals surface area contributed by atoms with Gasteiger partial charge in [-0.05, 0) is 93.4 Å². The summed E-state index contributed by atoms with van der Waals surface area (Å²) in [6.07, 6.45) is 0.867. The van der Waals surface area contributed by atoms with Crippen molar-refractivity contribution in [2.75, 3.05) is 4.90 Å². The first kappa shape index (κ1) is 34.5. The maximum atomic E-state index is 5.37. The van der Waals surface area contributed by atoms with Crippen LogP contribution in [0.2, 0.25) is 0 Å². The molecule has 278 valence electrons. The van der Waals surface area contributed by atoms with E-state index in [2.05, 4.69) is 150 Å².